The Morgan fingerprint density at radius 1 is 1.29 bits per heavy atom. The zero-order valence-electron chi connectivity index (χ0n) is 8.33. The maximum absolute atomic E-state index is 11.6. The molecule has 2 N–H and O–H groups in total. The molecule has 0 bridgehead atoms. The minimum atomic E-state index is -0.535. The Hall–Kier alpha value is -0.860. The summed E-state index contributed by atoms with van der Waals surface area (Å²) in [6.45, 7) is 3.69. The van der Waals surface area contributed by atoms with Crippen molar-refractivity contribution in [1.82, 2.24) is 0 Å². The number of nitrogens with two attached hydrogens (primary N) is 1. The average molecular weight is 212 g/mol. The molecule has 0 aliphatic rings. The van der Waals surface area contributed by atoms with Gasteiger partial charge in [-0.05, 0) is 17.7 Å². The lowest BCUT2D eigenvalue weighted by molar-refractivity contribution is -0.123. The number of hydrogen-bond donors (Lipinski definition) is 1. The van der Waals surface area contributed by atoms with Crippen molar-refractivity contribution in [3.8, 4) is 0 Å². The molecule has 0 aliphatic heterocycles. The lowest BCUT2D eigenvalue weighted by Crippen LogP contribution is -2.25. The highest BCUT2D eigenvalue weighted by atomic mass is 35.5. The standard InChI is InChI=1S/C11H14ClNO/c1-7(2)11(14)10(13)8-3-5-9(12)6-4-8/h3-7,10H,13H2,1-2H3. The van der Waals surface area contributed by atoms with E-state index in [1.165, 1.54) is 0 Å². The van der Waals surface area contributed by atoms with Crippen molar-refractivity contribution in [3.05, 3.63) is 34.9 Å². The van der Waals surface area contributed by atoms with Crippen LogP contribution in [0.25, 0.3) is 0 Å². The van der Waals surface area contributed by atoms with E-state index in [0.29, 0.717) is 5.02 Å². The summed E-state index contributed by atoms with van der Waals surface area (Å²) >= 11 is 5.73. The summed E-state index contributed by atoms with van der Waals surface area (Å²) in [6, 6.07) is 6.52. The van der Waals surface area contributed by atoms with Crippen molar-refractivity contribution >= 4 is 17.4 Å². The van der Waals surface area contributed by atoms with Crippen LogP contribution in [0.4, 0.5) is 0 Å². The fourth-order valence-corrected chi connectivity index (χ4v) is 1.32. The highest BCUT2D eigenvalue weighted by Crippen LogP contribution is 2.17. The molecular weight excluding hydrogens is 198 g/mol. The van der Waals surface area contributed by atoms with Gasteiger partial charge in [-0.25, -0.2) is 0 Å². The van der Waals surface area contributed by atoms with Gasteiger partial charge in [0.1, 0.15) is 0 Å². The summed E-state index contributed by atoms with van der Waals surface area (Å²) in [6.07, 6.45) is 0. The van der Waals surface area contributed by atoms with Gasteiger partial charge in [-0.1, -0.05) is 37.6 Å². The van der Waals surface area contributed by atoms with Crippen LogP contribution in [0.5, 0.6) is 0 Å². The summed E-state index contributed by atoms with van der Waals surface area (Å²) in [5.74, 6) is 0.00741. The van der Waals surface area contributed by atoms with Crippen LogP contribution in [0.1, 0.15) is 25.5 Å². The highest BCUT2D eigenvalue weighted by molar-refractivity contribution is 6.30. The summed E-state index contributed by atoms with van der Waals surface area (Å²) in [7, 11) is 0. The molecule has 0 saturated heterocycles. The first kappa shape index (κ1) is 11.2. The lowest BCUT2D eigenvalue weighted by atomic mass is 9.96. The van der Waals surface area contributed by atoms with Crippen LogP contribution in [0.3, 0.4) is 0 Å². The zero-order valence-corrected chi connectivity index (χ0v) is 9.08. The van der Waals surface area contributed by atoms with E-state index in [4.69, 9.17) is 17.3 Å². The Labute approximate surface area is 89.1 Å². The number of halogens is 1. The van der Waals surface area contributed by atoms with E-state index in [0.717, 1.165) is 5.56 Å². The van der Waals surface area contributed by atoms with Crippen molar-refractivity contribution in [1.29, 1.82) is 0 Å². The van der Waals surface area contributed by atoms with Crippen molar-refractivity contribution in [3.63, 3.8) is 0 Å². The quantitative estimate of drug-likeness (QED) is 0.835. The SMILES string of the molecule is CC(C)C(=O)C(N)c1ccc(Cl)cc1. The maximum Gasteiger partial charge on any atom is 0.156 e. The van der Waals surface area contributed by atoms with E-state index in [-0.39, 0.29) is 11.7 Å². The molecule has 0 fully saturated rings. The predicted molar refractivity (Wildman–Crippen MR) is 58.2 cm³/mol. The molecule has 0 saturated carbocycles. The molecule has 0 amide bonds. The van der Waals surface area contributed by atoms with Gasteiger partial charge in [-0.3, -0.25) is 4.79 Å². The van der Waals surface area contributed by atoms with Crippen molar-refractivity contribution in [2.45, 2.75) is 19.9 Å². The molecule has 1 aromatic carbocycles. The molecule has 0 aromatic heterocycles. The minimum absolute atomic E-state index is 0.0410. The Balaban J connectivity index is 2.84. The fraction of sp³-hybridized carbons (Fsp3) is 0.364. The van der Waals surface area contributed by atoms with E-state index < -0.39 is 6.04 Å². The van der Waals surface area contributed by atoms with Crippen molar-refractivity contribution < 1.29 is 4.79 Å². The Bertz CT molecular complexity index is 319. The van der Waals surface area contributed by atoms with Crippen LogP contribution >= 0.6 is 11.6 Å². The van der Waals surface area contributed by atoms with Crippen LogP contribution < -0.4 is 5.73 Å². The van der Waals surface area contributed by atoms with E-state index >= 15 is 0 Å². The normalized spacial score (nSPS) is 12.9. The monoisotopic (exact) mass is 211 g/mol. The van der Waals surface area contributed by atoms with Crippen LogP contribution in [0, 0.1) is 5.92 Å². The largest absolute Gasteiger partial charge is 0.318 e. The first-order valence-corrected chi connectivity index (χ1v) is 4.95. The summed E-state index contributed by atoms with van der Waals surface area (Å²) in [4.78, 5) is 11.6. The first-order chi connectivity index (χ1) is 6.52. The molecule has 1 atom stereocenters. The number of rotatable bonds is 3. The molecule has 1 rings (SSSR count). The summed E-state index contributed by atoms with van der Waals surface area (Å²) in [5, 5.41) is 0.651. The van der Waals surface area contributed by atoms with Crippen molar-refractivity contribution in [2.24, 2.45) is 11.7 Å². The van der Waals surface area contributed by atoms with Crippen LogP contribution in [-0.4, -0.2) is 5.78 Å². The second kappa shape index (κ2) is 4.58. The summed E-state index contributed by atoms with van der Waals surface area (Å²) in [5.41, 5.74) is 6.61. The Morgan fingerprint density at radius 2 is 1.79 bits per heavy atom. The van der Waals surface area contributed by atoms with E-state index in [1.54, 1.807) is 24.3 Å². The lowest BCUT2D eigenvalue weighted by Gasteiger charge is -2.13. The molecule has 76 valence electrons. The number of hydrogen-bond acceptors (Lipinski definition) is 2. The molecule has 0 heterocycles. The minimum Gasteiger partial charge on any atom is -0.318 e. The molecule has 14 heavy (non-hydrogen) atoms. The number of ketones is 1. The topological polar surface area (TPSA) is 43.1 Å². The smallest absolute Gasteiger partial charge is 0.156 e. The van der Waals surface area contributed by atoms with Gasteiger partial charge in [0.2, 0.25) is 0 Å². The van der Waals surface area contributed by atoms with Gasteiger partial charge in [0.25, 0.3) is 0 Å². The number of carbonyl (C=O) groups excluding carboxylic acids is 1. The number of benzene rings is 1. The first-order valence-electron chi connectivity index (χ1n) is 4.57. The van der Waals surface area contributed by atoms with Crippen LogP contribution in [0.15, 0.2) is 24.3 Å². The van der Waals surface area contributed by atoms with E-state index in [2.05, 4.69) is 0 Å². The highest BCUT2D eigenvalue weighted by Gasteiger charge is 2.18. The molecule has 1 unspecified atom stereocenters. The third-order valence-electron chi connectivity index (χ3n) is 2.10. The fourth-order valence-electron chi connectivity index (χ4n) is 1.19. The van der Waals surface area contributed by atoms with Crippen LogP contribution in [0.2, 0.25) is 5.02 Å². The molecular formula is C11H14ClNO. The molecule has 0 aliphatic carbocycles. The van der Waals surface area contributed by atoms with Gasteiger partial charge >= 0.3 is 0 Å². The number of carbonyl (C=O) groups is 1. The Morgan fingerprint density at radius 3 is 2.21 bits per heavy atom. The summed E-state index contributed by atoms with van der Waals surface area (Å²) < 4.78 is 0. The van der Waals surface area contributed by atoms with Crippen molar-refractivity contribution in [2.75, 3.05) is 0 Å². The van der Waals surface area contributed by atoms with E-state index in [1.807, 2.05) is 13.8 Å². The molecule has 0 spiro atoms. The third kappa shape index (κ3) is 2.56. The maximum atomic E-state index is 11.6. The molecule has 3 heteroatoms. The van der Waals surface area contributed by atoms with Gasteiger partial charge in [0.15, 0.2) is 5.78 Å². The second-order valence-corrected chi connectivity index (χ2v) is 4.02. The van der Waals surface area contributed by atoms with Gasteiger partial charge in [-0.15, -0.1) is 0 Å². The van der Waals surface area contributed by atoms with Gasteiger partial charge < -0.3 is 5.73 Å². The molecule has 0 radical (unpaired) electrons. The molecule has 2 nitrogen and oxygen atoms in total. The molecule has 1 aromatic rings. The number of Topliss-reactive ketones (excluding diaryl/α,β-unsaturated/α-hetero) is 1. The van der Waals surface area contributed by atoms with Crippen LogP contribution in [-0.2, 0) is 4.79 Å². The van der Waals surface area contributed by atoms with Gasteiger partial charge in [0.05, 0.1) is 6.04 Å². The third-order valence-corrected chi connectivity index (χ3v) is 2.36. The van der Waals surface area contributed by atoms with E-state index in [9.17, 15) is 4.79 Å². The van der Waals surface area contributed by atoms with Gasteiger partial charge in [-0.2, -0.15) is 0 Å². The van der Waals surface area contributed by atoms with Gasteiger partial charge in [0, 0.05) is 10.9 Å². The average Bonchev–Trinajstić information content (AvgIpc) is 2.16. The second-order valence-electron chi connectivity index (χ2n) is 3.59. The predicted octanol–water partition coefficient (Wildman–Crippen LogP) is 2.56. The Kier molecular flexibility index (Phi) is 3.67. The zero-order chi connectivity index (χ0) is 10.7.